The number of hydrogen-bond donors (Lipinski definition) is 3. The Labute approximate surface area is 229 Å². The van der Waals surface area contributed by atoms with Gasteiger partial charge in [0.1, 0.15) is 6.61 Å². The Kier molecular flexibility index (Phi) is 12.8. The predicted octanol–water partition coefficient (Wildman–Crippen LogP) is 5.10. The Bertz CT molecular complexity index is 1140. The van der Waals surface area contributed by atoms with Gasteiger partial charge in [-0.25, -0.2) is 4.79 Å². The van der Waals surface area contributed by atoms with Crippen molar-refractivity contribution in [3.8, 4) is 17.2 Å². The normalized spacial score (nSPS) is 10.9. The molecule has 2 amide bonds. The number of carboxylic acids is 1. The molecule has 0 spiro atoms. The molecule has 39 heavy (non-hydrogen) atoms. The van der Waals surface area contributed by atoms with Crippen molar-refractivity contribution in [2.24, 2.45) is 0 Å². The predicted molar refractivity (Wildman–Crippen MR) is 150 cm³/mol. The van der Waals surface area contributed by atoms with Crippen LogP contribution in [0.25, 0.3) is 6.08 Å². The van der Waals surface area contributed by atoms with Crippen molar-refractivity contribution >= 4 is 35.2 Å². The van der Waals surface area contributed by atoms with Crippen LogP contribution in [0.15, 0.2) is 36.4 Å². The summed E-state index contributed by atoms with van der Waals surface area (Å²) < 4.78 is 15.7. The van der Waals surface area contributed by atoms with Crippen LogP contribution in [0.1, 0.15) is 61.4 Å². The Morgan fingerprint density at radius 1 is 0.974 bits per heavy atom. The van der Waals surface area contributed by atoms with E-state index >= 15 is 0 Å². The number of likely N-dealkylation sites (N-methyl/N-ethyl adjacent to an activating group) is 1. The maximum absolute atomic E-state index is 12.7. The third kappa shape index (κ3) is 9.64. The van der Waals surface area contributed by atoms with E-state index in [4.69, 9.17) is 14.2 Å². The second-order valence-corrected chi connectivity index (χ2v) is 8.91. The number of hydrogen-bond acceptors (Lipinski definition) is 7. The van der Waals surface area contributed by atoms with E-state index in [-0.39, 0.29) is 35.1 Å². The van der Waals surface area contributed by atoms with Gasteiger partial charge in [-0.05, 0) is 48.4 Å². The van der Waals surface area contributed by atoms with Crippen molar-refractivity contribution in [2.45, 2.75) is 45.4 Å². The molecule has 0 saturated heterocycles. The number of unbranched alkanes of at least 4 members (excludes halogenated alkanes) is 5. The molecule has 0 radical (unpaired) electrons. The Balaban J connectivity index is 2.05. The molecule has 0 heterocycles. The van der Waals surface area contributed by atoms with E-state index in [0.29, 0.717) is 17.9 Å². The zero-order chi connectivity index (χ0) is 28.8. The molecule has 0 aliphatic rings. The number of nitrogens with one attached hydrogen (secondary N) is 1. The van der Waals surface area contributed by atoms with Gasteiger partial charge in [0, 0.05) is 25.4 Å². The number of nitrogens with zero attached hydrogens (tertiary/aromatic N) is 1. The third-order valence-corrected chi connectivity index (χ3v) is 6.03. The quantitative estimate of drug-likeness (QED) is 0.197. The van der Waals surface area contributed by atoms with Crippen LogP contribution in [-0.2, 0) is 14.3 Å². The third-order valence-electron chi connectivity index (χ3n) is 6.03. The highest BCUT2D eigenvalue weighted by Gasteiger charge is 2.19. The van der Waals surface area contributed by atoms with Gasteiger partial charge in [0.05, 0.1) is 25.5 Å². The number of amides is 2. The second-order valence-electron chi connectivity index (χ2n) is 8.91. The van der Waals surface area contributed by atoms with E-state index in [1.807, 2.05) is 0 Å². The van der Waals surface area contributed by atoms with Crippen LogP contribution in [0.4, 0.5) is 11.4 Å². The Morgan fingerprint density at radius 3 is 2.23 bits per heavy atom. The fraction of sp³-hybridized carbons (Fsp3) is 0.414. The number of methoxy groups -OCH3 is 2. The summed E-state index contributed by atoms with van der Waals surface area (Å²) in [6.07, 6.45) is 9.40. The fourth-order valence-corrected chi connectivity index (χ4v) is 3.81. The number of carboxylic acid groups (broad SMARTS) is 1. The highest BCUT2D eigenvalue weighted by atomic mass is 16.5. The van der Waals surface area contributed by atoms with Gasteiger partial charge >= 0.3 is 5.97 Å². The molecule has 0 unspecified atom stereocenters. The van der Waals surface area contributed by atoms with Gasteiger partial charge in [-0.1, -0.05) is 39.0 Å². The van der Waals surface area contributed by atoms with Crippen LogP contribution < -0.4 is 19.7 Å². The SMILES string of the molecule is CCCCCCCCOCC(=O)N(C)c1cc(NC(=O)C=Cc2cc(OC)c(O)c(OC)c2)ccc1C(=O)O. The lowest BCUT2D eigenvalue weighted by molar-refractivity contribution is -0.122. The molecular weight excluding hydrogens is 504 g/mol. The van der Waals surface area contributed by atoms with E-state index in [1.54, 1.807) is 0 Å². The molecule has 2 aromatic rings. The zero-order valence-electron chi connectivity index (χ0n) is 23.0. The molecule has 2 rings (SSSR count). The number of carbonyl (C=O) groups is 3. The van der Waals surface area contributed by atoms with E-state index < -0.39 is 17.8 Å². The number of phenols is 1. The molecule has 2 aromatic carbocycles. The number of benzene rings is 2. The van der Waals surface area contributed by atoms with Crippen molar-refractivity contribution in [3.63, 3.8) is 0 Å². The average molecular weight is 543 g/mol. The van der Waals surface area contributed by atoms with Gasteiger partial charge in [-0.3, -0.25) is 9.59 Å². The van der Waals surface area contributed by atoms with Gasteiger partial charge in [0.25, 0.3) is 5.91 Å². The zero-order valence-corrected chi connectivity index (χ0v) is 23.0. The average Bonchev–Trinajstić information content (AvgIpc) is 2.93. The summed E-state index contributed by atoms with van der Waals surface area (Å²) in [6.45, 7) is 2.44. The number of ether oxygens (including phenoxy) is 3. The number of phenolic OH excluding ortho intramolecular Hbond substituents is 1. The minimum Gasteiger partial charge on any atom is -0.502 e. The molecular formula is C29H38N2O8. The molecule has 10 nitrogen and oxygen atoms in total. The number of anilines is 2. The molecule has 0 aromatic heterocycles. The van der Waals surface area contributed by atoms with Gasteiger partial charge in [-0.2, -0.15) is 0 Å². The van der Waals surface area contributed by atoms with E-state index in [1.165, 1.54) is 87.9 Å². The lowest BCUT2D eigenvalue weighted by Crippen LogP contribution is -2.31. The monoisotopic (exact) mass is 542 g/mol. The summed E-state index contributed by atoms with van der Waals surface area (Å²) in [4.78, 5) is 38.2. The van der Waals surface area contributed by atoms with E-state index in [9.17, 15) is 24.6 Å². The molecule has 0 bridgehead atoms. The molecule has 0 aliphatic heterocycles. The van der Waals surface area contributed by atoms with Crippen molar-refractivity contribution < 1.29 is 38.8 Å². The standard InChI is InChI=1S/C29H38N2O8/c1-5-6-7-8-9-10-15-39-19-27(33)31(2)23-18-21(12-13-22(23)29(35)36)30-26(32)14-11-20-16-24(37-3)28(34)25(17-20)38-4/h11-14,16-18,34H,5-10,15,19H2,1-4H3,(H,30,32)(H,35,36). The fourth-order valence-electron chi connectivity index (χ4n) is 3.81. The minimum absolute atomic E-state index is 0.0846. The van der Waals surface area contributed by atoms with E-state index in [2.05, 4.69) is 12.2 Å². The number of carbonyl (C=O) groups excluding carboxylic acids is 2. The first kappa shape index (κ1) is 31.2. The van der Waals surface area contributed by atoms with Gasteiger partial charge in [0.2, 0.25) is 11.7 Å². The second kappa shape index (κ2) is 16.0. The van der Waals surface area contributed by atoms with Gasteiger partial charge < -0.3 is 34.6 Å². The largest absolute Gasteiger partial charge is 0.502 e. The lowest BCUT2D eigenvalue weighted by atomic mass is 10.1. The highest BCUT2D eigenvalue weighted by Crippen LogP contribution is 2.37. The Hall–Kier alpha value is -4.05. The molecule has 0 aliphatic carbocycles. The van der Waals surface area contributed by atoms with Crippen LogP contribution in [0, 0.1) is 0 Å². The van der Waals surface area contributed by atoms with Gasteiger partial charge in [0.15, 0.2) is 11.5 Å². The maximum Gasteiger partial charge on any atom is 0.337 e. The molecule has 3 N–H and O–H groups in total. The van der Waals surface area contributed by atoms with Crippen LogP contribution in [0.3, 0.4) is 0 Å². The summed E-state index contributed by atoms with van der Waals surface area (Å²) in [7, 11) is 4.27. The topological polar surface area (TPSA) is 135 Å². The molecule has 0 fully saturated rings. The maximum atomic E-state index is 12.7. The van der Waals surface area contributed by atoms with Crippen molar-refractivity contribution in [1.29, 1.82) is 0 Å². The summed E-state index contributed by atoms with van der Waals surface area (Å²) in [6, 6.07) is 7.27. The molecule has 212 valence electrons. The highest BCUT2D eigenvalue weighted by molar-refractivity contribution is 6.05. The molecule has 10 heteroatoms. The number of aromatic carboxylic acids is 1. The van der Waals surface area contributed by atoms with Crippen LogP contribution in [0.2, 0.25) is 0 Å². The summed E-state index contributed by atoms with van der Waals surface area (Å²) >= 11 is 0. The van der Waals surface area contributed by atoms with Gasteiger partial charge in [-0.15, -0.1) is 0 Å². The number of rotatable bonds is 16. The Morgan fingerprint density at radius 2 is 1.62 bits per heavy atom. The smallest absolute Gasteiger partial charge is 0.337 e. The van der Waals surface area contributed by atoms with Crippen LogP contribution >= 0.6 is 0 Å². The van der Waals surface area contributed by atoms with Crippen molar-refractivity contribution in [3.05, 3.63) is 47.5 Å². The molecule has 0 saturated carbocycles. The summed E-state index contributed by atoms with van der Waals surface area (Å²) in [5.74, 6) is -1.88. The minimum atomic E-state index is -1.20. The van der Waals surface area contributed by atoms with Crippen molar-refractivity contribution in [1.82, 2.24) is 0 Å². The summed E-state index contributed by atoms with van der Waals surface area (Å²) in [5.41, 5.74) is 0.895. The first-order chi connectivity index (χ1) is 18.7. The van der Waals surface area contributed by atoms with Crippen LogP contribution in [0.5, 0.6) is 17.2 Å². The first-order valence-corrected chi connectivity index (χ1v) is 12.9. The van der Waals surface area contributed by atoms with Crippen LogP contribution in [-0.4, -0.2) is 62.5 Å². The van der Waals surface area contributed by atoms with Crippen molar-refractivity contribution in [2.75, 3.05) is 44.7 Å². The first-order valence-electron chi connectivity index (χ1n) is 12.9. The number of aromatic hydroxyl groups is 1. The molecule has 0 atom stereocenters. The lowest BCUT2D eigenvalue weighted by Gasteiger charge is -2.20. The van der Waals surface area contributed by atoms with E-state index in [0.717, 1.165) is 19.3 Å². The summed E-state index contributed by atoms with van der Waals surface area (Å²) in [5, 5.41) is 22.3.